The molecule has 32 heavy (non-hydrogen) atoms. The molecule has 1 fully saturated rings. The average Bonchev–Trinajstić information content (AvgIpc) is 2.82. The summed E-state index contributed by atoms with van der Waals surface area (Å²) < 4.78 is 38.7. The lowest BCUT2D eigenvalue weighted by atomic mass is 9.97. The van der Waals surface area contributed by atoms with Crippen molar-refractivity contribution in [1.82, 2.24) is 9.62 Å². The summed E-state index contributed by atoms with van der Waals surface area (Å²) in [5, 5.41) is 2.91. The normalized spacial score (nSPS) is 19.3. The summed E-state index contributed by atoms with van der Waals surface area (Å²) >= 11 is 0. The third kappa shape index (κ3) is 4.78. The Kier molecular flexibility index (Phi) is 6.48. The molecule has 0 unspecified atom stereocenters. The molecule has 2 heterocycles. The van der Waals surface area contributed by atoms with Gasteiger partial charge in [0.15, 0.2) is 17.3 Å². The van der Waals surface area contributed by atoms with Crippen LogP contribution in [-0.4, -0.2) is 56.8 Å². The van der Waals surface area contributed by atoms with Crippen LogP contribution in [-0.2, 0) is 14.8 Å². The van der Waals surface area contributed by atoms with E-state index in [1.54, 1.807) is 0 Å². The molecular weight excluding hydrogens is 432 g/mol. The van der Waals surface area contributed by atoms with E-state index < -0.39 is 10.0 Å². The first-order valence-electron chi connectivity index (χ1n) is 10.6. The number of carbonyl (C=O) groups is 2. The van der Waals surface area contributed by atoms with Crippen LogP contribution in [0, 0.1) is 5.92 Å². The van der Waals surface area contributed by atoms with Gasteiger partial charge in [-0.3, -0.25) is 9.59 Å². The minimum absolute atomic E-state index is 0.102. The molecule has 0 aromatic heterocycles. The number of ether oxygens (including phenoxy) is 2. The second-order valence-corrected chi connectivity index (χ2v) is 9.94. The topological polar surface area (TPSA) is 102 Å². The van der Waals surface area contributed by atoms with E-state index in [1.165, 1.54) is 35.5 Å². The van der Waals surface area contributed by atoms with Crippen molar-refractivity contribution in [3.8, 4) is 11.5 Å². The van der Waals surface area contributed by atoms with Gasteiger partial charge in [0.2, 0.25) is 15.9 Å². The molecule has 0 radical (unpaired) electrons. The van der Waals surface area contributed by atoms with Crippen molar-refractivity contribution in [1.29, 1.82) is 0 Å². The van der Waals surface area contributed by atoms with Gasteiger partial charge in [0.25, 0.3) is 0 Å². The Hall–Kier alpha value is -2.91. The standard InChI is InChI=1S/C23H26N2O6S/c1-16(26)17-6-8-20(9-7-17)32(28,29)25-12-10-18(11-13-25)23(27)24-14-19-15-30-21-4-2-3-5-22(21)31-19/h2-9,18-19H,10-15H2,1H3,(H,24,27)/t19-/m1/s1. The first-order chi connectivity index (χ1) is 15.3. The van der Waals surface area contributed by atoms with Gasteiger partial charge in [0, 0.05) is 24.6 Å². The van der Waals surface area contributed by atoms with Crippen molar-refractivity contribution in [3.63, 3.8) is 0 Å². The molecule has 2 aliphatic heterocycles. The SMILES string of the molecule is CC(=O)c1ccc(S(=O)(=O)N2CCC(C(=O)NC[C@@H]3COc4ccccc4O3)CC2)cc1. The number of para-hydroxylation sites is 2. The monoisotopic (exact) mass is 458 g/mol. The van der Waals surface area contributed by atoms with Gasteiger partial charge >= 0.3 is 0 Å². The third-order valence-corrected chi connectivity index (χ3v) is 7.71. The van der Waals surface area contributed by atoms with Crippen LogP contribution >= 0.6 is 0 Å². The fourth-order valence-corrected chi connectivity index (χ4v) is 5.36. The lowest BCUT2D eigenvalue weighted by Gasteiger charge is -2.31. The zero-order valence-electron chi connectivity index (χ0n) is 17.8. The fourth-order valence-electron chi connectivity index (χ4n) is 3.89. The molecule has 9 heteroatoms. The first kappa shape index (κ1) is 22.3. The zero-order chi connectivity index (χ0) is 22.7. The molecule has 1 atom stereocenters. The highest BCUT2D eigenvalue weighted by atomic mass is 32.2. The number of benzene rings is 2. The second kappa shape index (κ2) is 9.30. The van der Waals surface area contributed by atoms with Crippen molar-refractivity contribution in [3.05, 3.63) is 54.1 Å². The van der Waals surface area contributed by atoms with E-state index in [4.69, 9.17) is 9.47 Å². The van der Waals surface area contributed by atoms with Gasteiger partial charge in [0.1, 0.15) is 12.7 Å². The zero-order valence-corrected chi connectivity index (χ0v) is 18.6. The molecule has 2 aromatic carbocycles. The Balaban J connectivity index is 1.27. The number of hydrogen-bond donors (Lipinski definition) is 1. The van der Waals surface area contributed by atoms with Gasteiger partial charge < -0.3 is 14.8 Å². The van der Waals surface area contributed by atoms with E-state index in [2.05, 4.69) is 5.32 Å². The van der Waals surface area contributed by atoms with Crippen LogP contribution in [0.5, 0.6) is 11.5 Å². The lowest BCUT2D eigenvalue weighted by Crippen LogP contribution is -2.46. The molecule has 0 bridgehead atoms. The number of ketones is 1. The molecule has 170 valence electrons. The molecular formula is C23H26N2O6S. The molecule has 0 saturated carbocycles. The van der Waals surface area contributed by atoms with Gasteiger partial charge in [-0.15, -0.1) is 0 Å². The lowest BCUT2D eigenvalue weighted by molar-refractivity contribution is -0.126. The molecule has 8 nitrogen and oxygen atoms in total. The van der Waals surface area contributed by atoms with E-state index in [-0.39, 0.29) is 41.7 Å². The summed E-state index contributed by atoms with van der Waals surface area (Å²) in [7, 11) is -3.66. The third-order valence-electron chi connectivity index (χ3n) is 5.79. The van der Waals surface area contributed by atoms with Crippen molar-refractivity contribution in [2.45, 2.75) is 30.8 Å². The number of fused-ring (bicyclic) bond motifs is 1. The molecule has 4 rings (SSSR count). The van der Waals surface area contributed by atoms with Gasteiger partial charge in [0.05, 0.1) is 11.4 Å². The van der Waals surface area contributed by atoms with Crippen molar-refractivity contribution in [2.75, 3.05) is 26.2 Å². The minimum atomic E-state index is -3.66. The van der Waals surface area contributed by atoms with Gasteiger partial charge in [-0.25, -0.2) is 8.42 Å². The second-order valence-electron chi connectivity index (χ2n) is 8.00. The summed E-state index contributed by atoms with van der Waals surface area (Å²) in [6.07, 6.45) is 0.621. The minimum Gasteiger partial charge on any atom is -0.486 e. The van der Waals surface area contributed by atoms with Crippen LogP contribution in [0.1, 0.15) is 30.1 Å². The van der Waals surface area contributed by atoms with Crippen LogP contribution < -0.4 is 14.8 Å². The first-order valence-corrected chi connectivity index (χ1v) is 12.1. The highest BCUT2D eigenvalue weighted by molar-refractivity contribution is 7.89. The molecule has 1 amide bonds. The summed E-state index contributed by atoms with van der Waals surface area (Å²) in [4.78, 5) is 24.2. The van der Waals surface area contributed by atoms with Crippen LogP contribution in [0.25, 0.3) is 0 Å². The number of Topliss-reactive ketones (excluding diaryl/α,β-unsaturated/α-hetero) is 1. The predicted octanol–water partition coefficient (Wildman–Crippen LogP) is 2.25. The predicted molar refractivity (Wildman–Crippen MR) is 117 cm³/mol. The van der Waals surface area contributed by atoms with Gasteiger partial charge in [-0.2, -0.15) is 4.31 Å². The molecule has 0 spiro atoms. The Morgan fingerprint density at radius 3 is 2.34 bits per heavy atom. The van der Waals surface area contributed by atoms with Crippen LogP contribution in [0.15, 0.2) is 53.4 Å². The average molecular weight is 459 g/mol. The quantitative estimate of drug-likeness (QED) is 0.666. The van der Waals surface area contributed by atoms with Crippen molar-refractivity contribution < 1.29 is 27.5 Å². The number of carbonyl (C=O) groups excluding carboxylic acids is 2. The largest absolute Gasteiger partial charge is 0.486 e. The van der Waals surface area contributed by atoms with Gasteiger partial charge in [-0.1, -0.05) is 24.3 Å². The number of sulfonamides is 1. The van der Waals surface area contributed by atoms with E-state index in [0.717, 1.165) is 0 Å². The van der Waals surface area contributed by atoms with E-state index >= 15 is 0 Å². The summed E-state index contributed by atoms with van der Waals surface area (Å²) in [5.74, 6) is 0.885. The number of hydrogen-bond acceptors (Lipinski definition) is 6. The Morgan fingerprint density at radius 2 is 1.69 bits per heavy atom. The number of nitrogens with zero attached hydrogens (tertiary/aromatic N) is 1. The summed E-state index contributed by atoms with van der Waals surface area (Å²) in [6.45, 7) is 2.66. The fraction of sp³-hybridized carbons (Fsp3) is 0.391. The Bertz CT molecular complexity index is 1090. The van der Waals surface area contributed by atoms with Gasteiger partial charge in [-0.05, 0) is 44.0 Å². The number of rotatable bonds is 6. The Morgan fingerprint density at radius 1 is 1.03 bits per heavy atom. The maximum atomic E-state index is 12.9. The number of nitrogens with one attached hydrogen (secondary N) is 1. The van der Waals surface area contributed by atoms with Crippen LogP contribution in [0.4, 0.5) is 0 Å². The number of piperidine rings is 1. The summed E-state index contributed by atoms with van der Waals surface area (Å²) in [5.41, 5.74) is 0.468. The highest BCUT2D eigenvalue weighted by Crippen LogP contribution is 2.31. The van der Waals surface area contributed by atoms with E-state index in [9.17, 15) is 18.0 Å². The van der Waals surface area contributed by atoms with Crippen LogP contribution in [0.3, 0.4) is 0 Å². The summed E-state index contributed by atoms with van der Waals surface area (Å²) in [6, 6.07) is 13.3. The highest BCUT2D eigenvalue weighted by Gasteiger charge is 2.32. The molecule has 0 aliphatic carbocycles. The molecule has 2 aromatic rings. The molecule has 2 aliphatic rings. The Labute approximate surface area is 187 Å². The van der Waals surface area contributed by atoms with Crippen LogP contribution in [0.2, 0.25) is 0 Å². The molecule has 1 N–H and O–H groups in total. The van der Waals surface area contributed by atoms with E-state index in [1.807, 2.05) is 24.3 Å². The van der Waals surface area contributed by atoms with E-state index in [0.29, 0.717) is 43.1 Å². The number of amides is 1. The van der Waals surface area contributed by atoms with Crippen molar-refractivity contribution >= 4 is 21.7 Å². The molecule has 1 saturated heterocycles. The maximum Gasteiger partial charge on any atom is 0.243 e. The van der Waals surface area contributed by atoms with Crippen molar-refractivity contribution in [2.24, 2.45) is 5.92 Å². The maximum absolute atomic E-state index is 12.9. The smallest absolute Gasteiger partial charge is 0.243 e.